The number of hydrogen-bond acceptors (Lipinski definition) is 2. The fourth-order valence-corrected chi connectivity index (χ4v) is 2.87. The summed E-state index contributed by atoms with van der Waals surface area (Å²) in [5.74, 6) is 0.330. The van der Waals surface area contributed by atoms with E-state index in [0.717, 1.165) is 38.2 Å². The van der Waals surface area contributed by atoms with Crippen molar-refractivity contribution in [3.8, 4) is 0 Å². The van der Waals surface area contributed by atoms with Crippen LogP contribution in [-0.2, 0) is 4.79 Å². The summed E-state index contributed by atoms with van der Waals surface area (Å²) in [4.78, 5) is 16.6. The first-order valence-corrected chi connectivity index (χ1v) is 6.27. The Kier molecular flexibility index (Phi) is 2.44. The van der Waals surface area contributed by atoms with E-state index >= 15 is 0 Å². The lowest BCUT2D eigenvalue weighted by Gasteiger charge is -2.52. The van der Waals surface area contributed by atoms with Gasteiger partial charge in [-0.15, -0.1) is 0 Å². The van der Waals surface area contributed by atoms with Crippen molar-refractivity contribution in [2.45, 2.75) is 12.8 Å². The van der Waals surface area contributed by atoms with Crippen LogP contribution in [-0.4, -0.2) is 37.5 Å². The Morgan fingerprint density at radius 3 is 2.35 bits per heavy atom. The fourth-order valence-electron chi connectivity index (χ4n) is 2.87. The van der Waals surface area contributed by atoms with E-state index in [2.05, 4.69) is 11.9 Å². The van der Waals surface area contributed by atoms with Crippen LogP contribution in [0.4, 0.5) is 5.69 Å². The summed E-state index contributed by atoms with van der Waals surface area (Å²) >= 11 is 0. The molecule has 2 fully saturated rings. The van der Waals surface area contributed by atoms with E-state index in [9.17, 15) is 4.79 Å². The van der Waals surface area contributed by atoms with E-state index in [1.807, 2.05) is 35.2 Å². The molecule has 1 spiro atoms. The Morgan fingerprint density at radius 1 is 1.12 bits per heavy atom. The fraction of sp³-hybridized carbons (Fsp3) is 0.500. The molecule has 3 heteroatoms. The van der Waals surface area contributed by atoms with Crippen LogP contribution < -0.4 is 4.90 Å². The van der Waals surface area contributed by atoms with E-state index in [-0.39, 0.29) is 5.41 Å². The highest BCUT2D eigenvalue weighted by atomic mass is 16.2. The molecule has 17 heavy (non-hydrogen) atoms. The zero-order valence-electron chi connectivity index (χ0n) is 10.2. The van der Waals surface area contributed by atoms with Gasteiger partial charge in [0, 0.05) is 12.2 Å². The largest absolute Gasteiger partial charge is 0.311 e. The third kappa shape index (κ3) is 1.65. The summed E-state index contributed by atoms with van der Waals surface area (Å²) in [5.41, 5.74) is 1.00. The van der Waals surface area contributed by atoms with Crippen molar-refractivity contribution in [3.63, 3.8) is 0 Å². The van der Waals surface area contributed by atoms with Crippen molar-refractivity contribution in [1.82, 2.24) is 4.90 Å². The number of piperidine rings is 1. The van der Waals surface area contributed by atoms with Crippen molar-refractivity contribution >= 4 is 11.6 Å². The molecule has 1 aromatic rings. The molecule has 1 aromatic carbocycles. The van der Waals surface area contributed by atoms with Crippen LogP contribution in [0.5, 0.6) is 0 Å². The molecular weight excluding hydrogens is 212 g/mol. The number of likely N-dealkylation sites (tertiary alicyclic amines) is 1. The van der Waals surface area contributed by atoms with Crippen LogP contribution in [0.3, 0.4) is 0 Å². The lowest BCUT2D eigenvalue weighted by molar-refractivity contribution is -0.138. The van der Waals surface area contributed by atoms with Crippen molar-refractivity contribution in [2.75, 3.05) is 31.6 Å². The highest BCUT2D eigenvalue weighted by Crippen LogP contribution is 2.43. The average Bonchev–Trinajstić information content (AvgIpc) is 2.38. The summed E-state index contributed by atoms with van der Waals surface area (Å²) in [7, 11) is 2.13. The number of nitrogens with zero attached hydrogens (tertiary/aromatic N) is 2. The molecule has 2 aliphatic rings. The summed E-state index contributed by atoms with van der Waals surface area (Å²) in [6.45, 7) is 3.01. The molecule has 2 heterocycles. The first-order chi connectivity index (χ1) is 8.21. The Hall–Kier alpha value is -1.35. The maximum Gasteiger partial charge on any atom is 0.235 e. The normalized spacial score (nSPS) is 23.8. The van der Waals surface area contributed by atoms with E-state index in [1.54, 1.807) is 0 Å². The predicted molar refractivity (Wildman–Crippen MR) is 68.0 cm³/mol. The van der Waals surface area contributed by atoms with Crippen LogP contribution in [0, 0.1) is 5.41 Å². The maximum absolute atomic E-state index is 12.4. The van der Waals surface area contributed by atoms with E-state index in [4.69, 9.17) is 0 Å². The summed E-state index contributed by atoms with van der Waals surface area (Å²) in [6, 6.07) is 9.99. The van der Waals surface area contributed by atoms with E-state index < -0.39 is 0 Å². The van der Waals surface area contributed by atoms with Gasteiger partial charge >= 0.3 is 0 Å². The van der Waals surface area contributed by atoms with Gasteiger partial charge in [-0.2, -0.15) is 0 Å². The number of amides is 1. The lowest BCUT2D eigenvalue weighted by atomic mass is 9.71. The number of hydrogen-bond donors (Lipinski definition) is 0. The lowest BCUT2D eigenvalue weighted by Crippen LogP contribution is -2.64. The minimum atomic E-state index is -0.0393. The first kappa shape index (κ1) is 10.8. The van der Waals surface area contributed by atoms with Crippen LogP contribution in [0.1, 0.15) is 12.8 Å². The molecule has 0 aromatic heterocycles. The van der Waals surface area contributed by atoms with Crippen LogP contribution in [0.2, 0.25) is 0 Å². The van der Waals surface area contributed by atoms with E-state index in [0.29, 0.717) is 5.91 Å². The Bertz CT molecular complexity index is 421. The van der Waals surface area contributed by atoms with Gasteiger partial charge in [0.05, 0.1) is 5.41 Å². The average molecular weight is 230 g/mol. The molecule has 3 rings (SSSR count). The number of anilines is 1. The molecule has 0 saturated carbocycles. The van der Waals surface area contributed by atoms with Crippen molar-refractivity contribution in [2.24, 2.45) is 5.41 Å². The molecule has 3 nitrogen and oxygen atoms in total. The molecule has 2 saturated heterocycles. The second-order valence-corrected chi connectivity index (χ2v) is 5.31. The molecule has 90 valence electrons. The third-order valence-electron chi connectivity index (χ3n) is 4.17. The van der Waals surface area contributed by atoms with Crippen molar-refractivity contribution < 1.29 is 4.79 Å². The number of para-hydroxylation sites is 1. The van der Waals surface area contributed by atoms with Gasteiger partial charge in [-0.3, -0.25) is 4.79 Å². The Morgan fingerprint density at radius 2 is 1.76 bits per heavy atom. The molecule has 0 bridgehead atoms. The van der Waals surface area contributed by atoms with Gasteiger partial charge < -0.3 is 9.80 Å². The monoisotopic (exact) mass is 230 g/mol. The van der Waals surface area contributed by atoms with Gasteiger partial charge in [-0.25, -0.2) is 0 Å². The van der Waals surface area contributed by atoms with Gasteiger partial charge in [0.25, 0.3) is 0 Å². The smallest absolute Gasteiger partial charge is 0.235 e. The molecule has 0 unspecified atom stereocenters. The first-order valence-electron chi connectivity index (χ1n) is 6.27. The van der Waals surface area contributed by atoms with Gasteiger partial charge in [-0.1, -0.05) is 18.2 Å². The SMILES string of the molecule is CN1CCC2(CC1)CN(c1ccccc1)C2=O. The maximum atomic E-state index is 12.4. The zero-order chi connectivity index (χ0) is 11.9. The second-order valence-electron chi connectivity index (χ2n) is 5.31. The third-order valence-corrected chi connectivity index (χ3v) is 4.17. The Labute approximate surface area is 102 Å². The van der Waals surface area contributed by atoms with Crippen LogP contribution in [0.25, 0.3) is 0 Å². The number of benzene rings is 1. The van der Waals surface area contributed by atoms with Gasteiger partial charge in [0.1, 0.15) is 0 Å². The van der Waals surface area contributed by atoms with Crippen LogP contribution in [0.15, 0.2) is 30.3 Å². The topological polar surface area (TPSA) is 23.6 Å². The molecule has 1 amide bonds. The molecule has 0 atom stereocenters. The highest BCUT2D eigenvalue weighted by molar-refractivity contribution is 6.04. The van der Waals surface area contributed by atoms with Gasteiger partial charge in [0.15, 0.2) is 0 Å². The highest BCUT2D eigenvalue weighted by Gasteiger charge is 2.53. The minimum absolute atomic E-state index is 0.0393. The summed E-state index contributed by atoms with van der Waals surface area (Å²) in [5, 5.41) is 0. The van der Waals surface area contributed by atoms with E-state index in [1.165, 1.54) is 0 Å². The molecular formula is C14H18N2O. The summed E-state index contributed by atoms with van der Waals surface area (Å²) in [6.07, 6.45) is 2.04. The second kappa shape index (κ2) is 3.84. The minimum Gasteiger partial charge on any atom is -0.311 e. The number of rotatable bonds is 1. The molecule has 2 aliphatic heterocycles. The van der Waals surface area contributed by atoms with Crippen molar-refractivity contribution in [1.29, 1.82) is 0 Å². The number of carbonyl (C=O) groups excluding carboxylic acids is 1. The van der Waals surface area contributed by atoms with Gasteiger partial charge in [0.2, 0.25) is 5.91 Å². The zero-order valence-corrected chi connectivity index (χ0v) is 10.2. The molecule has 0 radical (unpaired) electrons. The Balaban J connectivity index is 1.73. The van der Waals surface area contributed by atoms with Crippen molar-refractivity contribution in [3.05, 3.63) is 30.3 Å². The summed E-state index contributed by atoms with van der Waals surface area (Å²) < 4.78 is 0. The standard InChI is InChI=1S/C14H18N2O/c1-15-9-7-14(8-10-15)11-16(13(14)17)12-5-3-2-4-6-12/h2-6H,7-11H2,1H3. The molecule has 0 N–H and O–H groups in total. The predicted octanol–water partition coefficient (Wildman–Crippen LogP) is 1.75. The number of carbonyl (C=O) groups is 1. The van der Waals surface area contributed by atoms with Crippen LogP contribution >= 0.6 is 0 Å². The number of β-lactam (4-membered cyclic amide) rings is 1. The molecule has 0 aliphatic carbocycles. The quantitative estimate of drug-likeness (QED) is 0.686. The van der Waals surface area contributed by atoms with Gasteiger partial charge in [-0.05, 0) is 45.1 Å².